The van der Waals surface area contributed by atoms with Crippen LogP contribution < -0.4 is 0 Å². The number of hydrogen-bond acceptors (Lipinski definition) is 4. The molecule has 0 saturated heterocycles. The van der Waals surface area contributed by atoms with Gasteiger partial charge in [0, 0.05) is 6.07 Å². The third-order valence-electron chi connectivity index (χ3n) is 2.87. The molecular weight excluding hydrogens is 248 g/mol. The van der Waals surface area contributed by atoms with E-state index in [2.05, 4.69) is 6.07 Å². The molecule has 5 heteroatoms. The first-order valence-electron chi connectivity index (χ1n) is 5.28. The highest BCUT2D eigenvalue weighted by Crippen LogP contribution is 2.40. The molecule has 0 bridgehead atoms. The van der Waals surface area contributed by atoms with E-state index < -0.39 is 10.3 Å². The van der Waals surface area contributed by atoms with Crippen molar-refractivity contribution in [1.82, 2.24) is 0 Å². The SMILES string of the molecule is CC(C#N)(c1ccccc1)c1sccc1[N+](=O)[O-]. The molecule has 1 aromatic heterocycles. The van der Waals surface area contributed by atoms with E-state index in [1.54, 1.807) is 12.3 Å². The molecule has 18 heavy (non-hydrogen) atoms. The molecule has 0 aliphatic heterocycles. The van der Waals surface area contributed by atoms with Gasteiger partial charge in [0.2, 0.25) is 0 Å². The maximum absolute atomic E-state index is 11.0. The van der Waals surface area contributed by atoms with Gasteiger partial charge in [0.05, 0.1) is 11.0 Å². The van der Waals surface area contributed by atoms with Gasteiger partial charge in [-0.2, -0.15) is 5.26 Å². The lowest BCUT2D eigenvalue weighted by Crippen LogP contribution is -2.20. The van der Waals surface area contributed by atoms with E-state index in [1.807, 2.05) is 30.3 Å². The summed E-state index contributed by atoms with van der Waals surface area (Å²) >= 11 is 1.24. The van der Waals surface area contributed by atoms with Crippen molar-refractivity contribution in [3.63, 3.8) is 0 Å². The van der Waals surface area contributed by atoms with Crippen LogP contribution in [0.4, 0.5) is 5.69 Å². The average Bonchev–Trinajstić information content (AvgIpc) is 2.89. The molecule has 0 radical (unpaired) electrons. The van der Waals surface area contributed by atoms with Gasteiger partial charge in [-0.15, -0.1) is 11.3 Å². The van der Waals surface area contributed by atoms with Crippen molar-refractivity contribution in [2.75, 3.05) is 0 Å². The Kier molecular flexibility index (Phi) is 3.13. The lowest BCUT2D eigenvalue weighted by Gasteiger charge is -2.19. The third kappa shape index (κ3) is 1.87. The Morgan fingerprint density at radius 2 is 2.00 bits per heavy atom. The zero-order valence-electron chi connectivity index (χ0n) is 9.66. The number of nitrogens with zero attached hydrogens (tertiary/aromatic N) is 2. The quantitative estimate of drug-likeness (QED) is 0.625. The Hall–Kier alpha value is -2.19. The van der Waals surface area contributed by atoms with Crippen molar-refractivity contribution in [3.8, 4) is 6.07 Å². The summed E-state index contributed by atoms with van der Waals surface area (Å²) in [6.07, 6.45) is 0. The van der Waals surface area contributed by atoms with Crippen LogP contribution >= 0.6 is 11.3 Å². The number of hydrogen-bond donors (Lipinski definition) is 0. The van der Waals surface area contributed by atoms with Gasteiger partial charge in [0.15, 0.2) is 0 Å². The maximum Gasteiger partial charge on any atom is 0.285 e. The second kappa shape index (κ2) is 4.59. The summed E-state index contributed by atoms with van der Waals surface area (Å²) < 4.78 is 0. The highest BCUT2D eigenvalue weighted by molar-refractivity contribution is 7.10. The van der Waals surface area contributed by atoms with E-state index in [9.17, 15) is 15.4 Å². The van der Waals surface area contributed by atoms with Crippen molar-refractivity contribution >= 4 is 17.0 Å². The second-order valence-electron chi connectivity index (χ2n) is 3.99. The van der Waals surface area contributed by atoms with Crippen LogP contribution in [0.5, 0.6) is 0 Å². The Bertz CT molecular complexity index is 615. The Morgan fingerprint density at radius 3 is 2.56 bits per heavy atom. The Labute approximate surface area is 108 Å². The zero-order valence-corrected chi connectivity index (χ0v) is 10.5. The number of benzene rings is 1. The van der Waals surface area contributed by atoms with Gasteiger partial charge in [-0.1, -0.05) is 30.3 Å². The molecule has 0 amide bonds. The summed E-state index contributed by atoms with van der Waals surface area (Å²) in [5, 5.41) is 22.1. The van der Waals surface area contributed by atoms with E-state index >= 15 is 0 Å². The summed E-state index contributed by atoms with van der Waals surface area (Å²) in [5.74, 6) is 0. The van der Waals surface area contributed by atoms with Crippen molar-refractivity contribution in [2.45, 2.75) is 12.3 Å². The molecule has 0 N–H and O–H groups in total. The smallest absolute Gasteiger partial charge is 0.258 e. The molecule has 0 aliphatic rings. The zero-order chi connectivity index (χ0) is 13.2. The van der Waals surface area contributed by atoms with Crippen molar-refractivity contribution < 1.29 is 4.92 Å². The summed E-state index contributed by atoms with van der Waals surface area (Å²) in [7, 11) is 0. The predicted molar refractivity (Wildman–Crippen MR) is 69.5 cm³/mol. The molecule has 90 valence electrons. The Balaban J connectivity index is 2.62. The minimum absolute atomic E-state index is 0.00732. The molecule has 1 heterocycles. The van der Waals surface area contributed by atoms with Crippen LogP contribution in [0.3, 0.4) is 0 Å². The van der Waals surface area contributed by atoms with Crippen LogP contribution in [0.2, 0.25) is 0 Å². The van der Waals surface area contributed by atoms with Gasteiger partial charge in [0.25, 0.3) is 5.69 Å². The van der Waals surface area contributed by atoms with E-state index in [-0.39, 0.29) is 5.69 Å². The normalized spacial score (nSPS) is 13.6. The second-order valence-corrected chi connectivity index (χ2v) is 4.91. The fourth-order valence-electron chi connectivity index (χ4n) is 1.84. The van der Waals surface area contributed by atoms with Crippen LogP contribution in [-0.2, 0) is 5.41 Å². The van der Waals surface area contributed by atoms with Crippen LogP contribution in [0.25, 0.3) is 0 Å². The van der Waals surface area contributed by atoms with Crippen molar-refractivity contribution in [2.24, 2.45) is 0 Å². The summed E-state index contributed by atoms with van der Waals surface area (Å²) in [5.41, 5.74) is -0.219. The third-order valence-corrected chi connectivity index (χ3v) is 4.00. The minimum atomic E-state index is -0.988. The van der Waals surface area contributed by atoms with Gasteiger partial charge in [-0.25, -0.2) is 0 Å². The van der Waals surface area contributed by atoms with Gasteiger partial charge in [-0.3, -0.25) is 10.1 Å². The largest absolute Gasteiger partial charge is 0.285 e. The van der Waals surface area contributed by atoms with Crippen molar-refractivity contribution in [1.29, 1.82) is 5.26 Å². The summed E-state index contributed by atoms with van der Waals surface area (Å²) in [6, 6.07) is 12.8. The molecule has 4 nitrogen and oxygen atoms in total. The number of rotatable bonds is 3. The van der Waals surface area contributed by atoms with E-state index in [4.69, 9.17) is 0 Å². The molecule has 1 unspecified atom stereocenters. The standard InChI is InChI=1S/C13H10N2O2S/c1-13(9-14,10-5-3-2-4-6-10)12-11(15(16)17)7-8-18-12/h2-8H,1H3. The number of nitro groups is 1. The van der Waals surface area contributed by atoms with Crippen LogP contribution in [0.1, 0.15) is 17.4 Å². The van der Waals surface area contributed by atoms with E-state index in [0.29, 0.717) is 4.88 Å². The first kappa shape index (κ1) is 12.3. The molecular formula is C13H10N2O2S. The number of thiophene rings is 1. The number of nitriles is 1. The maximum atomic E-state index is 11.0. The fourth-order valence-corrected chi connectivity index (χ4v) is 2.83. The van der Waals surface area contributed by atoms with Crippen molar-refractivity contribution in [3.05, 3.63) is 62.3 Å². The van der Waals surface area contributed by atoms with Crippen LogP contribution in [0, 0.1) is 21.4 Å². The van der Waals surface area contributed by atoms with Crippen LogP contribution in [0.15, 0.2) is 41.8 Å². The van der Waals surface area contributed by atoms with E-state index in [0.717, 1.165) is 5.56 Å². The summed E-state index contributed by atoms with van der Waals surface area (Å²) in [4.78, 5) is 11.0. The fraction of sp³-hybridized carbons (Fsp3) is 0.154. The average molecular weight is 258 g/mol. The molecule has 0 aliphatic carbocycles. The highest BCUT2D eigenvalue weighted by Gasteiger charge is 2.36. The van der Waals surface area contributed by atoms with Gasteiger partial charge in [0.1, 0.15) is 10.3 Å². The molecule has 1 aromatic carbocycles. The first-order valence-corrected chi connectivity index (χ1v) is 6.16. The van der Waals surface area contributed by atoms with Gasteiger partial charge < -0.3 is 0 Å². The van der Waals surface area contributed by atoms with Crippen LogP contribution in [-0.4, -0.2) is 4.92 Å². The molecule has 2 aromatic rings. The minimum Gasteiger partial charge on any atom is -0.258 e. The van der Waals surface area contributed by atoms with Gasteiger partial charge in [-0.05, 0) is 17.9 Å². The molecule has 2 rings (SSSR count). The highest BCUT2D eigenvalue weighted by atomic mass is 32.1. The predicted octanol–water partition coefficient (Wildman–Crippen LogP) is 3.49. The lowest BCUT2D eigenvalue weighted by atomic mass is 9.82. The first-order chi connectivity index (χ1) is 8.59. The molecule has 1 atom stereocenters. The topological polar surface area (TPSA) is 66.9 Å². The lowest BCUT2D eigenvalue weighted by molar-refractivity contribution is -0.385. The monoisotopic (exact) mass is 258 g/mol. The molecule has 0 saturated carbocycles. The summed E-state index contributed by atoms with van der Waals surface area (Å²) in [6.45, 7) is 1.71. The Morgan fingerprint density at radius 1 is 1.33 bits per heavy atom. The molecule has 0 spiro atoms. The van der Waals surface area contributed by atoms with Gasteiger partial charge >= 0.3 is 0 Å². The molecule has 0 fully saturated rings. The van der Waals surface area contributed by atoms with E-state index in [1.165, 1.54) is 17.4 Å².